The van der Waals surface area contributed by atoms with Gasteiger partial charge in [-0.05, 0) is 24.7 Å². The summed E-state index contributed by atoms with van der Waals surface area (Å²) in [7, 11) is 0. The number of aromatic nitrogens is 6. The summed E-state index contributed by atoms with van der Waals surface area (Å²) in [4.78, 5) is 19.0. The van der Waals surface area contributed by atoms with Crippen molar-refractivity contribution in [2.24, 2.45) is 5.41 Å². The van der Waals surface area contributed by atoms with Crippen LogP contribution in [0.2, 0.25) is 0 Å². The van der Waals surface area contributed by atoms with Crippen LogP contribution in [0, 0.1) is 5.41 Å². The summed E-state index contributed by atoms with van der Waals surface area (Å²) < 4.78 is 1.49. The highest BCUT2D eigenvalue weighted by Crippen LogP contribution is 2.38. The Hall–Kier alpha value is -2.25. The molecular weight excluding hydrogens is 268 g/mol. The molecule has 0 aromatic carbocycles. The van der Waals surface area contributed by atoms with E-state index in [9.17, 15) is 0 Å². The van der Waals surface area contributed by atoms with Crippen molar-refractivity contribution in [3.05, 3.63) is 12.7 Å². The van der Waals surface area contributed by atoms with Gasteiger partial charge < -0.3 is 10.6 Å². The highest BCUT2D eigenvalue weighted by molar-refractivity contribution is 5.39. The molecule has 1 aliphatic rings. The van der Waals surface area contributed by atoms with E-state index in [1.54, 1.807) is 6.33 Å². The summed E-state index contributed by atoms with van der Waals surface area (Å²) >= 11 is 0. The molecule has 0 unspecified atom stereocenters. The summed E-state index contributed by atoms with van der Waals surface area (Å²) in [5.41, 5.74) is 6.17. The van der Waals surface area contributed by atoms with Gasteiger partial charge in [0.2, 0.25) is 11.9 Å². The number of rotatable bonds is 4. The minimum Gasteiger partial charge on any atom is -0.368 e. The Morgan fingerprint density at radius 3 is 2.57 bits per heavy atom. The van der Waals surface area contributed by atoms with Crippen LogP contribution < -0.4 is 10.6 Å². The molecule has 0 radical (unpaired) electrons. The highest BCUT2D eigenvalue weighted by atomic mass is 15.4. The smallest absolute Gasteiger partial charge is 0.258 e. The lowest BCUT2D eigenvalue weighted by atomic mass is 9.82. The maximum atomic E-state index is 5.82. The van der Waals surface area contributed by atoms with Gasteiger partial charge in [0.05, 0.1) is 0 Å². The summed E-state index contributed by atoms with van der Waals surface area (Å²) in [5.74, 6) is 1.23. The first-order valence-corrected chi connectivity index (χ1v) is 7.27. The number of nitrogen functional groups attached to an aromatic ring is 1. The Labute approximate surface area is 123 Å². The lowest BCUT2D eigenvalue weighted by molar-refractivity contribution is 0.301. The van der Waals surface area contributed by atoms with Gasteiger partial charge in [-0.3, -0.25) is 0 Å². The van der Waals surface area contributed by atoms with Crippen LogP contribution in [0.15, 0.2) is 12.7 Å². The highest BCUT2D eigenvalue weighted by Gasteiger charge is 2.36. The van der Waals surface area contributed by atoms with E-state index in [1.807, 2.05) is 0 Å². The molecule has 1 fully saturated rings. The third-order valence-corrected chi connectivity index (χ3v) is 4.47. The van der Waals surface area contributed by atoms with E-state index in [2.05, 4.69) is 43.8 Å². The summed E-state index contributed by atoms with van der Waals surface area (Å²) in [5, 5.41) is 4.03. The van der Waals surface area contributed by atoms with Crippen molar-refractivity contribution in [1.29, 1.82) is 0 Å². The zero-order valence-electron chi connectivity index (χ0n) is 12.4. The Morgan fingerprint density at radius 1 is 1.19 bits per heavy atom. The minimum atomic E-state index is 0.205. The Bertz CT molecular complexity index is 605. The molecule has 0 aliphatic carbocycles. The SMILES string of the molecule is CCC1(CC)CCN(c2nc(N)nc(-n3cncn3)n2)C1. The third-order valence-electron chi connectivity index (χ3n) is 4.47. The molecule has 2 aromatic rings. The molecule has 8 nitrogen and oxygen atoms in total. The molecule has 112 valence electrons. The average molecular weight is 288 g/mol. The van der Waals surface area contributed by atoms with E-state index in [0.29, 0.717) is 17.3 Å². The fraction of sp³-hybridized carbons (Fsp3) is 0.615. The molecule has 0 saturated carbocycles. The second-order valence-electron chi connectivity index (χ2n) is 5.51. The van der Waals surface area contributed by atoms with Crippen LogP contribution in [0.4, 0.5) is 11.9 Å². The van der Waals surface area contributed by atoms with E-state index in [-0.39, 0.29) is 5.95 Å². The predicted octanol–water partition coefficient (Wildman–Crippen LogP) is 1.05. The monoisotopic (exact) mass is 288 g/mol. The first-order valence-electron chi connectivity index (χ1n) is 7.27. The van der Waals surface area contributed by atoms with Gasteiger partial charge in [-0.25, -0.2) is 4.98 Å². The summed E-state index contributed by atoms with van der Waals surface area (Å²) in [6.07, 6.45) is 6.47. The normalized spacial score (nSPS) is 17.3. The first kappa shape index (κ1) is 13.7. The molecular formula is C13H20N8. The van der Waals surface area contributed by atoms with Crippen molar-refractivity contribution < 1.29 is 0 Å². The van der Waals surface area contributed by atoms with E-state index in [0.717, 1.165) is 32.4 Å². The molecule has 8 heteroatoms. The molecule has 21 heavy (non-hydrogen) atoms. The maximum Gasteiger partial charge on any atom is 0.258 e. The van der Waals surface area contributed by atoms with Crippen molar-refractivity contribution in [3.63, 3.8) is 0 Å². The van der Waals surface area contributed by atoms with Crippen LogP contribution in [0.25, 0.3) is 5.95 Å². The van der Waals surface area contributed by atoms with Gasteiger partial charge in [0.1, 0.15) is 12.7 Å². The summed E-state index contributed by atoms with van der Waals surface area (Å²) in [6, 6.07) is 0. The van der Waals surface area contributed by atoms with Crippen LogP contribution in [0.5, 0.6) is 0 Å². The van der Waals surface area contributed by atoms with Gasteiger partial charge in [0.25, 0.3) is 5.95 Å². The number of nitrogens with zero attached hydrogens (tertiary/aromatic N) is 7. The second kappa shape index (κ2) is 5.27. The fourth-order valence-corrected chi connectivity index (χ4v) is 2.86. The van der Waals surface area contributed by atoms with Crippen molar-refractivity contribution >= 4 is 11.9 Å². The lowest BCUT2D eigenvalue weighted by Crippen LogP contribution is -2.28. The number of hydrogen-bond donors (Lipinski definition) is 1. The van der Waals surface area contributed by atoms with E-state index >= 15 is 0 Å². The van der Waals surface area contributed by atoms with E-state index in [4.69, 9.17) is 5.73 Å². The Kier molecular flexibility index (Phi) is 3.44. The van der Waals surface area contributed by atoms with Crippen molar-refractivity contribution in [2.75, 3.05) is 23.7 Å². The van der Waals surface area contributed by atoms with Gasteiger partial charge in [0.15, 0.2) is 0 Å². The molecule has 0 spiro atoms. The van der Waals surface area contributed by atoms with Gasteiger partial charge in [0, 0.05) is 13.1 Å². The molecule has 0 amide bonds. The van der Waals surface area contributed by atoms with Crippen molar-refractivity contribution in [2.45, 2.75) is 33.1 Å². The van der Waals surface area contributed by atoms with Crippen LogP contribution in [-0.4, -0.2) is 42.8 Å². The van der Waals surface area contributed by atoms with Gasteiger partial charge in [-0.1, -0.05) is 13.8 Å². The average Bonchev–Trinajstić information content (AvgIpc) is 3.17. The zero-order chi connectivity index (χ0) is 14.9. The minimum absolute atomic E-state index is 0.205. The molecule has 3 heterocycles. The predicted molar refractivity (Wildman–Crippen MR) is 79.0 cm³/mol. The van der Waals surface area contributed by atoms with Crippen molar-refractivity contribution in [3.8, 4) is 5.95 Å². The topological polar surface area (TPSA) is 98.6 Å². The van der Waals surface area contributed by atoms with Gasteiger partial charge in [-0.2, -0.15) is 24.7 Å². The maximum absolute atomic E-state index is 5.82. The lowest BCUT2D eigenvalue weighted by Gasteiger charge is -2.26. The standard InChI is InChI=1S/C13H20N8/c1-3-13(4-2)5-6-20(7-13)11-17-10(14)18-12(19-11)21-9-15-8-16-21/h8-9H,3-7H2,1-2H3,(H2,14,17,18,19). The summed E-state index contributed by atoms with van der Waals surface area (Å²) in [6.45, 7) is 6.40. The van der Waals surface area contributed by atoms with Gasteiger partial charge in [-0.15, -0.1) is 0 Å². The Morgan fingerprint density at radius 2 is 1.95 bits per heavy atom. The van der Waals surface area contributed by atoms with Crippen LogP contribution >= 0.6 is 0 Å². The number of anilines is 2. The second-order valence-corrected chi connectivity index (χ2v) is 5.51. The van der Waals surface area contributed by atoms with Crippen LogP contribution in [0.1, 0.15) is 33.1 Å². The molecule has 3 rings (SSSR count). The quantitative estimate of drug-likeness (QED) is 0.897. The van der Waals surface area contributed by atoms with E-state index < -0.39 is 0 Å². The third kappa shape index (κ3) is 2.53. The fourth-order valence-electron chi connectivity index (χ4n) is 2.86. The zero-order valence-corrected chi connectivity index (χ0v) is 12.4. The van der Waals surface area contributed by atoms with Crippen LogP contribution in [-0.2, 0) is 0 Å². The van der Waals surface area contributed by atoms with Crippen LogP contribution in [0.3, 0.4) is 0 Å². The van der Waals surface area contributed by atoms with Gasteiger partial charge >= 0.3 is 0 Å². The van der Waals surface area contributed by atoms with Crippen molar-refractivity contribution in [1.82, 2.24) is 29.7 Å². The molecule has 1 aliphatic heterocycles. The molecule has 2 aromatic heterocycles. The first-order chi connectivity index (χ1) is 10.2. The number of nitrogens with two attached hydrogens (primary N) is 1. The number of hydrogen-bond acceptors (Lipinski definition) is 7. The molecule has 0 bridgehead atoms. The molecule has 1 saturated heterocycles. The molecule has 2 N–H and O–H groups in total. The Balaban J connectivity index is 1.90. The largest absolute Gasteiger partial charge is 0.368 e. The van der Waals surface area contributed by atoms with E-state index in [1.165, 1.54) is 11.0 Å². The molecule has 0 atom stereocenters.